The lowest BCUT2D eigenvalue weighted by Gasteiger charge is -2.22. The first-order valence-electron chi connectivity index (χ1n) is 7.72. The number of methoxy groups -OCH3 is 2. The lowest BCUT2D eigenvalue weighted by molar-refractivity contribution is -0.254. The Morgan fingerprint density at radius 2 is 1.69 bits per heavy atom. The van der Waals surface area contributed by atoms with Crippen LogP contribution in [-0.4, -0.2) is 39.3 Å². The number of carboxylic acids is 1. The number of benzene rings is 2. The lowest BCUT2D eigenvalue weighted by atomic mass is 10.1. The van der Waals surface area contributed by atoms with E-state index in [9.17, 15) is 14.7 Å². The summed E-state index contributed by atoms with van der Waals surface area (Å²) in [5.74, 6) is -0.557. The predicted molar refractivity (Wildman–Crippen MR) is 89.3 cm³/mol. The van der Waals surface area contributed by atoms with Crippen molar-refractivity contribution in [1.82, 2.24) is 0 Å². The van der Waals surface area contributed by atoms with Gasteiger partial charge in [0.15, 0.2) is 11.5 Å². The van der Waals surface area contributed by atoms with Crippen molar-refractivity contribution in [2.24, 2.45) is 0 Å². The highest BCUT2D eigenvalue weighted by atomic mass is 16.6. The van der Waals surface area contributed by atoms with E-state index in [4.69, 9.17) is 18.9 Å². The molecular formula is C18H16NO7-. The van der Waals surface area contributed by atoms with Crippen LogP contribution in [0.15, 0.2) is 30.3 Å². The van der Waals surface area contributed by atoms with Crippen LogP contribution in [0, 0.1) is 0 Å². The number of nitrogens with one attached hydrogen (secondary N) is 1. The molecule has 0 saturated carbocycles. The van der Waals surface area contributed by atoms with Crippen molar-refractivity contribution in [3.8, 4) is 23.0 Å². The van der Waals surface area contributed by atoms with Gasteiger partial charge >= 0.3 is 0 Å². The zero-order valence-corrected chi connectivity index (χ0v) is 14.2. The van der Waals surface area contributed by atoms with Crippen molar-refractivity contribution in [1.29, 1.82) is 0 Å². The molecule has 0 spiro atoms. The van der Waals surface area contributed by atoms with E-state index < -0.39 is 11.9 Å². The molecule has 3 rings (SSSR count). The summed E-state index contributed by atoms with van der Waals surface area (Å²) < 4.78 is 21.1. The van der Waals surface area contributed by atoms with Crippen LogP contribution in [0.2, 0.25) is 0 Å². The number of hydrogen-bond donors (Lipinski definition) is 1. The summed E-state index contributed by atoms with van der Waals surface area (Å²) in [6.45, 7) is 0.644. The molecule has 0 bridgehead atoms. The van der Waals surface area contributed by atoms with Gasteiger partial charge in [-0.25, -0.2) is 0 Å². The van der Waals surface area contributed by atoms with Crippen molar-refractivity contribution < 1.29 is 33.6 Å². The number of aromatic carboxylic acids is 1. The average molecular weight is 358 g/mol. The Bertz CT molecular complexity index is 863. The van der Waals surface area contributed by atoms with E-state index in [0.29, 0.717) is 24.7 Å². The van der Waals surface area contributed by atoms with E-state index in [1.165, 1.54) is 32.4 Å². The first-order valence-corrected chi connectivity index (χ1v) is 7.72. The van der Waals surface area contributed by atoms with E-state index in [-0.39, 0.29) is 28.3 Å². The molecule has 1 amide bonds. The lowest BCUT2D eigenvalue weighted by Crippen LogP contribution is -2.26. The smallest absolute Gasteiger partial charge is 0.259 e. The number of ether oxygens (including phenoxy) is 4. The molecule has 0 atom stereocenters. The molecule has 0 saturated heterocycles. The van der Waals surface area contributed by atoms with E-state index in [1.54, 1.807) is 12.1 Å². The van der Waals surface area contributed by atoms with Gasteiger partial charge in [0.05, 0.1) is 31.4 Å². The quantitative estimate of drug-likeness (QED) is 0.853. The molecule has 2 aromatic rings. The second-order valence-electron chi connectivity index (χ2n) is 5.35. The molecule has 0 radical (unpaired) electrons. The number of carbonyl (C=O) groups is 2. The van der Waals surface area contributed by atoms with Gasteiger partial charge in [-0.15, -0.1) is 0 Å². The molecule has 1 aliphatic heterocycles. The minimum atomic E-state index is -1.45. The summed E-state index contributed by atoms with van der Waals surface area (Å²) in [5.41, 5.74) is 0.0414. The van der Waals surface area contributed by atoms with Gasteiger partial charge in [-0.1, -0.05) is 0 Å². The van der Waals surface area contributed by atoms with Crippen LogP contribution >= 0.6 is 0 Å². The zero-order valence-electron chi connectivity index (χ0n) is 14.2. The molecule has 1 aliphatic rings. The minimum Gasteiger partial charge on any atom is -0.545 e. The summed E-state index contributed by atoms with van der Waals surface area (Å²) in [6, 6.07) is 7.33. The highest BCUT2D eigenvalue weighted by molar-refractivity contribution is 6.09. The van der Waals surface area contributed by atoms with Crippen LogP contribution in [0.4, 0.5) is 5.69 Å². The van der Waals surface area contributed by atoms with Crippen LogP contribution < -0.4 is 29.4 Å². The Balaban J connectivity index is 1.95. The van der Waals surface area contributed by atoms with Crippen LogP contribution in [0.5, 0.6) is 23.0 Å². The maximum absolute atomic E-state index is 12.6. The monoisotopic (exact) mass is 358 g/mol. The highest BCUT2D eigenvalue weighted by Crippen LogP contribution is 2.36. The Morgan fingerprint density at radius 1 is 1.00 bits per heavy atom. The van der Waals surface area contributed by atoms with Gasteiger partial charge in [0.25, 0.3) is 5.91 Å². The number of anilines is 1. The Labute approximate surface area is 149 Å². The van der Waals surface area contributed by atoms with Gasteiger partial charge in [-0.2, -0.15) is 0 Å². The fraction of sp³-hybridized carbons (Fsp3) is 0.222. The molecule has 136 valence electrons. The number of carbonyl (C=O) groups excluding carboxylic acids is 2. The molecule has 8 heteroatoms. The van der Waals surface area contributed by atoms with E-state index in [0.717, 1.165) is 0 Å². The Hall–Kier alpha value is -3.42. The molecule has 1 heterocycles. The molecule has 0 aliphatic carbocycles. The number of fused-ring (bicyclic) bond motifs is 1. The van der Waals surface area contributed by atoms with Gasteiger partial charge in [-0.05, 0) is 18.2 Å². The molecule has 0 unspecified atom stereocenters. The molecule has 0 aromatic heterocycles. The van der Waals surface area contributed by atoms with Crippen LogP contribution in [0.25, 0.3) is 0 Å². The van der Waals surface area contributed by atoms with Crippen LogP contribution in [0.1, 0.15) is 20.7 Å². The summed E-state index contributed by atoms with van der Waals surface area (Å²) in [6.07, 6.45) is 0. The highest BCUT2D eigenvalue weighted by Gasteiger charge is 2.20. The van der Waals surface area contributed by atoms with Crippen molar-refractivity contribution in [3.05, 3.63) is 41.5 Å². The summed E-state index contributed by atoms with van der Waals surface area (Å²) in [5, 5.41) is 14.0. The number of rotatable bonds is 5. The molecule has 1 N–H and O–H groups in total. The number of carboxylic acid groups (broad SMARTS) is 1. The molecule has 26 heavy (non-hydrogen) atoms. The van der Waals surface area contributed by atoms with Gasteiger partial charge in [0.1, 0.15) is 24.7 Å². The second kappa shape index (κ2) is 7.22. The summed E-state index contributed by atoms with van der Waals surface area (Å²) in [7, 11) is 2.91. The molecule has 2 aromatic carbocycles. The average Bonchev–Trinajstić information content (AvgIpc) is 2.66. The van der Waals surface area contributed by atoms with Crippen LogP contribution in [-0.2, 0) is 0 Å². The standard InChI is InChI=1S/C18H17NO7/c1-23-10-3-4-11(14(7-10)24-2)17(20)19-13-9-16-15(25-5-6-26-16)8-12(13)18(21)22/h3-4,7-9H,5-6H2,1-2H3,(H,19,20)(H,21,22)/p-1. The summed E-state index contributed by atoms with van der Waals surface area (Å²) in [4.78, 5) is 24.1. The van der Waals surface area contributed by atoms with Gasteiger partial charge in [0.2, 0.25) is 0 Å². The Kier molecular flexibility index (Phi) is 4.83. The predicted octanol–water partition coefficient (Wildman–Crippen LogP) is 1.09. The molecular weight excluding hydrogens is 342 g/mol. The SMILES string of the molecule is COc1ccc(C(=O)Nc2cc3c(cc2C(=O)[O-])OCCO3)c(OC)c1. The third-order valence-corrected chi connectivity index (χ3v) is 3.80. The fourth-order valence-electron chi connectivity index (χ4n) is 2.54. The second-order valence-corrected chi connectivity index (χ2v) is 5.35. The van der Waals surface area contributed by atoms with Crippen molar-refractivity contribution in [2.75, 3.05) is 32.8 Å². The Morgan fingerprint density at radius 3 is 2.31 bits per heavy atom. The zero-order chi connectivity index (χ0) is 18.7. The van der Waals surface area contributed by atoms with Crippen molar-refractivity contribution in [2.45, 2.75) is 0 Å². The topological polar surface area (TPSA) is 106 Å². The molecule has 0 fully saturated rings. The van der Waals surface area contributed by atoms with E-state index in [2.05, 4.69) is 5.32 Å². The molecule has 8 nitrogen and oxygen atoms in total. The summed E-state index contributed by atoms with van der Waals surface area (Å²) >= 11 is 0. The largest absolute Gasteiger partial charge is 0.545 e. The van der Waals surface area contributed by atoms with E-state index in [1.807, 2.05) is 0 Å². The van der Waals surface area contributed by atoms with E-state index >= 15 is 0 Å². The number of hydrogen-bond acceptors (Lipinski definition) is 7. The number of amides is 1. The first kappa shape index (κ1) is 17.4. The van der Waals surface area contributed by atoms with Gasteiger partial charge in [0, 0.05) is 17.7 Å². The minimum absolute atomic E-state index is 0.0390. The normalized spacial score (nSPS) is 12.2. The van der Waals surface area contributed by atoms with Gasteiger partial charge < -0.3 is 34.2 Å². The maximum atomic E-state index is 12.6. The first-order chi connectivity index (χ1) is 12.5. The maximum Gasteiger partial charge on any atom is 0.259 e. The van der Waals surface area contributed by atoms with Gasteiger partial charge in [-0.3, -0.25) is 4.79 Å². The third kappa shape index (κ3) is 3.34. The fourth-order valence-corrected chi connectivity index (χ4v) is 2.54. The third-order valence-electron chi connectivity index (χ3n) is 3.80. The van der Waals surface area contributed by atoms with Crippen molar-refractivity contribution >= 4 is 17.6 Å². The van der Waals surface area contributed by atoms with Crippen molar-refractivity contribution in [3.63, 3.8) is 0 Å². The van der Waals surface area contributed by atoms with Crippen LogP contribution in [0.3, 0.4) is 0 Å².